The minimum Gasteiger partial charge on any atom is -0.488 e. The smallest absolute Gasteiger partial charge is 0.134 e. The standard InChI is InChI=1S/C38H40Br2Cl2N2O2/c39-33-21-27(23-43-17-3-1-4-18-43)13-15-35(33)45-25-29-9-7-11-31(37(29)41)32-12-8-10-30(38(32)42)26-46-36-16-14-28(22-34(36)40)24-44-19-5-2-6-20-44/h7-16,21-22H,1-6,17-20,23-26H2. The quantitative estimate of drug-likeness (QED) is 0.151. The van der Waals surface area contributed by atoms with Crippen LogP contribution in [-0.2, 0) is 26.3 Å². The Labute approximate surface area is 300 Å². The SMILES string of the molecule is Clc1c(COc2ccc(CN3CCCCC3)cc2Br)cccc1-c1cccc(COc2ccc(CN3CCCCC3)cc2Br)c1Cl. The maximum Gasteiger partial charge on any atom is 0.134 e. The molecule has 4 aromatic rings. The van der Waals surface area contributed by atoms with Gasteiger partial charge < -0.3 is 9.47 Å². The van der Waals surface area contributed by atoms with Crippen LogP contribution in [0.2, 0.25) is 10.0 Å². The van der Waals surface area contributed by atoms with E-state index < -0.39 is 0 Å². The Morgan fingerprint density at radius 2 is 0.957 bits per heavy atom. The van der Waals surface area contributed by atoms with E-state index in [-0.39, 0.29) is 0 Å². The van der Waals surface area contributed by atoms with Crippen molar-refractivity contribution in [2.75, 3.05) is 26.2 Å². The van der Waals surface area contributed by atoms with Crippen LogP contribution in [0, 0.1) is 0 Å². The Balaban J connectivity index is 1.10. The van der Waals surface area contributed by atoms with Crippen molar-refractivity contribution in [3.8, 4) is 22.6 Å². The van der Waals surface area contributed by atoms with Crippen LogP contribution in [0.4, 0.5) is 0 Å². The Morgan fingerprint density at radius 1 is 0.543 bits per heavy atom. The fourth-order valence-corrected chi connectivity index (χ4v) is 8.03. The van der Waals surface area contributed by atoms with Gasteiger partial charge in [0.05, 0.1) is 19.0 Å². The lowest BCUT2D eigenvalue weighted by atomic mass is 10.0. The third-order valence-electron chi connectivity index (χ3n) is 8.92. The zero-order valence-corrected chi connectivity index (χ0v) is 30.7. The van der Waals surface area contributed by atoms with E-state index in [9.17, 15) is 0 Å². The summed E-state index contributed by atoms with van der Waals surface area (Å²) in [7, 11) is 0. The molecule has 0 saturated carbocycles. The number of benzene rings is 4. The molecule has 2 saturated heterocycles. The summed E-state index contributed by atoms with van der Waals surface area (Å²) in [6.45, 7) is 7.34. The average Bonchev–Trinajstić information content (AvgIpc) is 3.06. The normalized spacial score (nSPS) is 16.0. The molecule has 0 aromatic heterocycles. The van der Waals surface area contributed by atoms with Gasteiger partial charge in [-0.2, -0.15) is 0 Å². The number of ether oxygens (including phenoxy) is 2. The summed E-state index contributed by atoms with van der Waals surface area (Å²) in [6, 6.07) is 24.7. The van der Waals surface area contributed by atoms with E-state index in [2.05, 4.69) is 65.9 Å². The molecule has 4 aromatic carbocycles. The summed E-state index contributed by atoms with van der Waals surface area (Å²) in [5, 5.41) is 1.26. The number of rotatable bonds is 11. The Bertz CT molecular complexity index is 1520. The second kappa shape index (κ2) is 16.4. The summed E-state index contributed by atoms with van der Waals surface area (Å²) in [6.07, 6.45) is 7.84. The third-order valence-corrected chi connectivity index (χ3v) is 11.0. The van der Waals surface area contributed by atoms with Gasteiger partial charge in [-0.3, -0.25) is 9.80 Å². The highest BCUT2D eigenvalue weighted by Crippen LogP contribution is 2.38. The van der Waals surface area contributed by atoms with Crippen LogP contribution in [0.25, 0.3) is 11.1 Å². The molecule has 0 N–H and O–H groups in total. The Morgan fingerprint density at radius 3 is 1.35 bits per heavy atom. The second-order valence-corrected chi connectivity index (χ2v) is 14.8. The van der Waals surface area contributed by atoms with Gasteiger partial charge in [0.25, 0.3) is 0 Å². The van der Waals surface area contributed by atoms with Crippen LogP contribution in [0.3, 0.4) is 0 Å². The van der Waals surface area contributed by atoms with Gasteiger partial charge in [0, 0.05) is 35.3 Å². The first-order valence-electron chi connectivity index (χ1n) is 16.3. The van der Waals surface area contributed by atoms with Crippen molar-refractivity contribution in [1.82, 2.24) is 9.80 Å². The maximum atomic E-state index is 6.99. The molecule has 8 heteroatoms. The predicted octanol–water partition coefficient (Wildman–Crippen LogP) is 11.3. The van der Waals surface area contributed by atoms with Crippen molar-refractivity contribution >= 4 is 55.1 Å². The molecule has 0 bridgehead atoms. The summed E-state index contributed by atoms with van der Waals surface area (Å²) in [5.41, 5.74) is 6.11. The lowest BCUT2D eigenvalue weighted by Gasteiger charge is -2.26. The van der Waals surface area contributed by atoms with E-state index in [1.807, 2.05) is 48.5 Å². The molecule has 2 heterocycles. The summed E-state index contributed by atoms with van der Waals surface area (Å²) < 4.78 is 14.4. The van der Waals surface area contributed by atoms with Crippen molar-refractivity contribution in [2.45, 2.75) is 64.8 Å². The fourth-order valence-electron chi connectivity index (χ4n) is 6.38. The number of nitrogens with zero attached hydrogens (tertiary/aromatic N) is 2. The lowest BCUT2D eigenvalue weighted by molar-refractivity contribution is 0.220. The number of likely N-dealkylation sites (tertiary alicyclic amines) is 2. The van der Waals surface area contributed by atoms with E-state index in [0.29, 0.717) is 23.3 Å². The molecule has 2 aliphatic heterocycles. The van der Waals surface area contributed by atoms with Gasteiger partial charge in [-0.05, 0) is 119 Å². The molecule has 0 radical (unpaired) electrons. The zero-order valence-electron chi connectivity index (χ0n) is 26.1. The minimum atomic E-state index is 0.346. The van der Waals surface area contributed by atoms with Crippen molar-refractivity contribution in [3.63, 3.8) is 0 Å². The molecule has 2 aliphatic rings. The molecule has 46 heavy (non-hydrogen) atoms. The highest BCUT2D eigenvalue weighted by molar-refractivity contribution is 9.10. The molecule has 4 nitrogen and oxygen atoms in total. The number of hydrogen-bond acceptors (Lipinski definition) is 4. The summed E-state index contributed by atoms with van der Waals surface area (Å²) in [4.78, 5) is 5.05. The van der Waals surface area contributed by atoms with E-state index >= 15 is 0 Å². The van der Waals surface area contributed by atoms with Gasteiger partial charge in [-0.15, -0.1) is 0 Å². The van der Waals surface area contributed by atoms with Crippen molar-refractivity contribution in [3.05, 3.63) is 114 Å². The number of piperidine rings is 2. The maximum absolute atomic E-state index is 6.99. The topological polar surface area (TPSA) is 24.9 Å². The van der Waals surface area contributed by atoms with E-state index in [1.165, 1.54) is 75.8 Å². The van der Waals surface area contributed by atoms with Gasteiger partial charge in [-0.1, -0.05) is 84.6 Å². The monoisotopic (exact) mass is 784 g/mol. The molecule has 0 atom stereocenters. The minimum absolute atomic E-state index is 0.346. The molecule has 0 aliphatic carbocycles. The van der Waals surface area contributed by atoms with Gasteiger partial charge in [0.2, 0.25) is 0 Å². The molecular weight excluding hydrogens is 747 g/mol. The van der Waals surface area contributed by atoms with Gasteiger partial charge in [0.15, 0.2) is 0 Å². The van der Waals surface area contributed by atoms with E-state index in [0.717, 1.165) is 55.8 Å². The van der Waals surface area contributed by atoms with Crippen LogP contribution in [0.1, 0.15) is 60.8 Å². The first kappa shape index (κ1) is 33.8. The first-order valence-corrected chi connectivity index (χ1v) is 18.6. The largest absolute Gasteiger partial charge is 0.488 e. The molecule has 6 rings (SSSR count). The van der Waals surface area contributed by atoms with Crippen molar-refractivity contribution in [1.29, 1.82) is 0 Å². The highest BCUT2D eigenvalue weighted by Gasteiger charge is 2.17. The molecule has 2 fully saturated rings. The second-order valence-electron chi connectivity index (χ2n) is 12.3. The predicted molar refractivity (Wildman–Crippen MR) is 197 cm³/mol. The van der Waals surface area contributed by atoms with Crippen LogP contribution >= 0.6 is 55.1 Å². The van der Waals surface area contributed by atoms with E-state index in [1.54, 1.807) is 0 Å². The van der Waals surface area contributed by atoms with E-state index in [4.69, 9.17) is 32.7 Å². The third kappa shape index (κ3) is 8.69. The lowest BCUT2D eigenvalue weighted by Crippen LogP contribution is -2.29. The van der Waals surface area contributed by atoms with Gasteiger partial charge >= 0.3 is 0 Å². The molecule has 242 valence electrons. The van der Waals surface area contributed by atoms with Crippen molar-refractivity contribution < 1.29 is 9.47 Å². The van der Waals surface area contributed by atoms with Crippen molar-refractivity contribution in [2.24, 2.45) is 0 Å². The Hall–Kier alpha value is -2.06. The molecular formula is C38H40Br2Cl2N2O2. The van der Waals surface area contributed by atoms with Gasteiger partial charge in [0.1, 0.15) is 24.7 Å². The average molecular weight is 787 g/mol. The highest BCUT2D eigenvalue weighted by atomic mass is 79.9. The van der Waals surface area contributed by atoms with Crippen LogP contribution in [-0.4, -0.2) is 36.0 Å². The number of hydrogen-bond donors (Lipinski definition) is 0. The number of halogens is 4. The summed E-state index contributed by atoms with van der Waals surface area (Å²) >= 11 is 21.4. The molecule has 0 unspecified atom stereocenters. The van der Waals surface area contributed by atoms with Crippen LogP contribution in [0.5, 0.6) is 11.5 Å². The molecule has 0 amide bonds. The Kier molecular flexibility index (Phi) is 12.0. The molecule has 0 spiro atoms. The summed E-state index contributed by atoms with van der Waals surface area (Å²) in [5.74, 6) is 1.60. The first-order chi connectivity index (χ1) is 22.4. The van der Waals surface area contributed by atoms with Crippen LogP contribution < -0.4 is 9.47 Å². The van der Waals surface area contributed by atoms with Gasteiger partial charge in [-0.25, -0.2) is 0 Å². The zero-order chi connectivity index (χ0) is 31.9. The van der Waals surface area contributed by atoms with Crippen LogP contribution in [0.15, 0.2) is 81.7 Å². The fraction of sp³-hybridized carbons (Fsp3) is 0.368.